The lowest BCUT2D eigenvalue weighted by Gasteiger charge is -2.13. The van der Waals surface area contributed by atoms with Crippen molar-refractivity contribution in [3.05, 3.63) is 36.0 Å². The van der Waals surface area contributed by atoms with Crippen LogP contribution in [-0.4, -0.2) is 26.0 Å². The van der Waals surface area contributed by atoms with E-state index in [2.05, 4.69) is 10.3 Å². The summed E-state index contributed by atoms with van der Waals surface area (Å²) in [5, 5.41) is 2.58. The van der Waals surface area contributed by atoms with Crippen molar-refractivity contribution in [3.63, 3.8) is 0 Å². The van der Waals surface area contributed by atoms with Gasteiger partial charge in [-0.1, -0.05) is 12.1 Å². The van der Waals surface area contributed by atoms with Crippen LogP contribution in [0.4, 0.5) is 5.69 Å². The van der Waals surface area contributed by atoms with Crippen molar-refractivity contribution in [2.24, 2.45) is 10.7 Å². The van der Waals surface area contributed by atoms with Crippen LogP contribution in [0.2, 0.25) is 0 Å². The van der Waals surface area contributed by atoms with Crippen LogP contribution in [0.1, 0.15) is 20.3 Å². The number of nitrogens with two attached hydrogens (primary N) is 1. The van der Waals surface area contributed by atoms with Gasteiger partial charge in [-0.3, -0.25) is 4.99 Å². The molecule has 2 rings (SSSR count). The maximum Gasteiger partial charge on any atom is 0.182 e. The number of hydrogen-bond donors (Lipinski definition) is 2. The molecular formula is C14H19N3O2S. The largest absolute Gasteiger partial charge is 0.384 e. The first kappa shape index (κ1) is 14.6. The summed E-state index contributed by atoms with van der Waals surface area (Å²) in [6, 6.07) is 6.88. The Kier molecular flexibility index (Phi) is 4.13. The highest BCUT2D eigenvalue weighted by Gasteiger charge is 2.22. The Bertz CT molecular complexity index is 661. The van der Waals surface area contributed by atoms with E-state index in [-0.39, 0.29) is 0 Å². The Balaban J connectivity index is 2.32. The third kappa shape index (κ3) is 2.85. The number of sulfone groups is 1. The number of nitrogens with one attached hydrogen (secondary N) is 1. The molecule has 0 aromatic heterocycles. The van der Waals surface area contributed by atoms with Gasteiger partial charge in [0, 0.05) is 18.3 Å². The van der Waals surface area contributed by atoms with Gasteiger partial charge in [0.2, 0.25) is 0 Å². The molecule has 0 spiro atoms. The Morgan fingerprint density at radius 2 is 2.05 bits per heavy atom. The molecule has 1 aromatic rings. The molecule has 0 amide bonds. The molecule has 0 bridgehead atoms. The van der Waals surface area contributed by atoms with E-state index >= 15 is 0 Å². The lowest BCUT2D eigenvalue weighted by atomic mass is 10.2. The molecule has 0 saturated heterocycles. The van der Waals surface area contributed by atoms with Crippen LogP contribution >= 0.6 is 0 Å². The highest BCUT2D eigenvalue weighted by atomic mass is 32.2. The van der Waals surface area contributed by atoms with Crippen molar-refractivity contribution in [2.75, 3.05) is 11.9 Å². The fourth-order valence-electron chi connectivity index (χ4n) is 1.93. The molecule has 6 heteroatoms. The maximum absolute atomic E-state index is 12.3. The molecule has 0 fully saturated rings. The molecule has 3 N–H and O–H groups in total. The second-order valence-corrected chi connectivity index (χ2v) is 7.39. The number of rotatable bonds is 4. The van der Waals surface area contributed by atoms with Crippen LogP contribution in [0, 0.1) is 0 Å². The van der Waals surface area contributed by atoms with Gasteiger partial charge in [-0.2, -0.15) is 0 Å². The average Bonchev–Trinajstić information content (AvgIpc) is 2.82. The number of hydrogen-bond acceptors (Lipinski definition) is 5. The molecule has 0 aliphatic carbocycles. The summed E-state index contributed by atoms with van der Waals surface area (Å²) >= 11 is 0. The van der Waals surface area contributed by atoms with Gasteiger partial charge in [-0.05, 0) is 32.4 Å². The lowest BCUT2D eigenvalue weighted by molar-refractivity contribution is 0.588. The van der Waals surface area contributed by atoms with Crippen LogP contribution in [0.3, 0.4) is 0 Å². The van der Waals surface area contributed by atoms with E-state index in [1.165, 1.54) is 0 Å². The summed E-state index contributed by atoms with van der Waals surface area (Å²) in [5.74, 6) is 0.515. The predicted molar refractivity (Wildman–Crippen MR) is 81.6 cm³/mol. The lowest BCUT2D eigenvalue weighted by Crippen LogP contribution is -2.16. The summed E-state index contributed by atoms with van der Waals surface area (Å²) in [5.41, 5.74) is 7.21. The van der Waals surface area contributed by atoms with Crippen molar-refractivity contribution in [1.82, 2.24) is 0 Å². The molecule has 0 radical (unpaired) electrons. The number of anilines is 1. The molecule has 1 heterocycles. The minimum absolute atomic E-state index is 0.306. The molecular weight excluding hydrogens is 274 g/mol. The summed E-state index contributed by atoms with van der Waals surface area (Å²) in [6.07, 6.45) is 2.51. The third-order valence-corrected chi connectivity index (χ3v) is 5.42. The van der Waals surface area contributed by atoms with E-state index in [9.17, 15) is 8.42 Å². The first-order chi connectivity index (χ1) is 9.43. The zero-order valence-corrected chi connectivity index (χ0v) is 12.4. The minimum Gasteiger partial charge on any atom is -0.384 e. The molecule has 1 aromatic carbocycles. The second-order valence-electron chi connectivity index (χ2n) is 4.92. The van der Waals surface area contributed by atoms with E-state index in [1.54, 1.807) is 44.3 Å². The Morgan fingerprint density at radius 3 is 2.65 bits per heavy atom. The highest BCUT2D eigenvalue weighted by molar-refractivity contribution is 7.92. The summed E-state index contributed by atoms with van der Waals surface area (Å²) in [4.78, 5) is 4.40. The molecule has 108 valence electrons. The van der Waals surface area contributed by atoms with E-state index in [4.69, 9.17) is 5.73 Å². The topological polar surface area (TPSA) is 84.5 Å². The standard InChI is InChI=1S/C14H19N3O2S/c1-10(2)20(18,19)13-6-4-3-5-12(13)17-9-11-7-8-16-14(11)15/h3-6,9-10,17H,7-8H2,1-2H3,(H2,15,16)/b11-9+. The van der Waals surface area contributed by atoms with Gasteiger partial charge in [0.05, 0.1) is 15.8 Å². The second kappa shape index (κ2) is 5.66. The van der Waals surface area contributed by atoms with Gasteiger partial charge < -0.3 is 11.1 Å². The van der Waals surface area contributed by atoms with E-state index in [0.29, 0.717) is 23.0 Å². The minimum atomic E-state index is -3.32. The Labute approximate surface area is 119 Å². The van der Waals surface area contributed by atoms with Gasteiger partial charge in [-0.25, -0.2) is 8.42 Å². The van der Waals surface area contributed by atoms with Crippen LogP contribution < -0.4 is 11.1 Å². The van der Waals surface area contributed by atoms with Crippen LogP contribution in [0.5, 0.6) is 0 Å². The van der Waals surface area contributed by atoms with Gasteiger partial charge in [0.25, 0.3) is 0 Å². The van der Waals surface area contributed by atoms with Crippen molar-refractivity contribution < 1.29 is 8.42 Å². The fraction of sp³-hybridized carbons (Fsp3) is 0.357. The van der Waals surface area contributed by atoms with E-state index in [1.807, 2.05) is 0 Å². The number of para-hydroxylation sites is 1. The predicted octanol–water partition coefficient (Wildman–Crippen LogP) is 1.93. The normalized spacial score (nSPS) is 17.6. The first-order valence-electron chi connectivity index (χ1n) is 6.51. The average molecular weight is 293 g/mol. The number of benzene rings is 1. The van der Waals surface area contributed by atoms with Gasteiger partial charge in [0.15, 0.2) is 9.84 Å². The van der Waals surface area contributed by atoms with Gasteiger partial charge in [0.1, 0.15) is 5.84 Å². The molecule has 0 saturated carbocycles. The van der Waals surface area contributed by atoms with Gasteiger partial charge >= 0.3 is 0 Å². The monoisotopic (exact) mass is 293 g/mol. The molecule has 0 atom stereocenters. The Morgan fingerprint density at radius 1 is 1.35 bits per heavy atom. The van der Waals surface area contributed by atoms with Crippen molar-refractivity contribution >= 4 is 21.4 Å². The number of nitrogens with zero attached hydrogens (tertiary/aromatic N) is 1. The maximum atomic E-state index is 12.3. The summed E-state index contributed by atoms with van der Waals surface area (Å²) in [7, 11) is -3.32. The van der Waals surface area contributed by atoms with Gasteiger partial charge in [-0.15, -0.1) is 0 Å². The smallest absolute Gasteiger partial charge is 0.182 e. The van der Waals surface area contributed by atoms with Crippen LogP contribution in [0.15, 0.2) is 45.9 Å². The first-order valence-corrected chi connectivity index (χ1v) is 8.06. The van der Waals surface area contributed by atoms with E-state index < -0.39 is 15.1 Å². The number of aliphatic imine (C=N–C) groups is 1. The molecule has 0 unspecified atom stereocenters. The molecule has 1 aliphatic heterocycles. The van der Waals surface area contributed by atoms with Crippen LogP contribution in [-0.2, 0) is 9.84 Å². The summed E-state index contributed by atoms with van der Waals surface area (Å²) in [6.45, 7) is 4.03. The zero-order chi connectivity index (χ0) is 14.8. The zero-order valence-electron chi connectivity index (χ0n) is 11.6. The SMILES string of the molecule is CC(C)S(=O)(=O)c1ccccc1N/C=C1\CCN=C1N. The van der Waals surface area contributed by atoms with Crippen molar-refractivity contribution in [1.29, 1.82) is 0 Å². The summed E-state index contributed by atoms with van der Waals surface area (Å²) < 4.78 is 24.6. The van der Waals surface area contributed by atoms with Crippen LogP contribution in [0.25, 0.3) is 0 Å². The fourth-order valence-corrected chi connectivity index (χ4v) is 3.13. The Hall–Kier alpha value is -1.82. The van der Waals surface area contributed by atoms with Crippen molar-refractivity contribution in [2.45, 2.75) is 30.4 Å². The highest BCUT2D eigenvalue weighted by Crippen LogP contribution is 2.25. The quantitative estimate of drug-likeness (QED) is 0.888. The third-order valence-electron chi connectivity index (χ3n) is 3.21. The molecule has 20 heavy (non-hydrogen) atoms. The van der Waals surface area contributed by atoms with Crippen molar-refractivity contribution in [3.8, 4) is 0 Å². The number of amidine groups is 1. The van der Waals surface area contributed by atoms with E-state index in [0.717, 1.165) is 12.0 Å². The molecule has 5 nitrogen and oxygen atoms in total. The molecule has 1 aliphatic rings.